The Morgan fingerprint density at radius 1 is 1.57 bits per heavy atom. The van der Waals surface area contributed by atoms with E-state index in [0.717, 1.165) is 0 Å². The van der Waals surface area contributed by atoms with Crippen LogP contribution in [0.5, 0.6) is 5.75 Å². The van der Waals surface area contributed by atoms with Crippen molar-refractivity contribution in [3.05, 3.63) is 29.3 Å². The number of methoxy groups -OCH3 is 1. The predicted molar refractivity (Wildman–Crippen MR) is 53.7 cm³/mol. The van der Waals surface area contributed by atoms with Crippen LogP contribution in [0.1, 0.15) is 27.0 Å². The molecule has 0 saturated carbocycles. The summed E-state index contributed by atoms with van der Waals surface area (Å²) in [6, 6.07) is 4.47. The highest BCUT2D eigenvalue weighted by Crippen LogP contribution is 2.18. The van der Waals surface area contributed by atoms with E-state index in [1.165, 1.54) is 12.1 Å². The zero-order valence-corrected chi connectivity index (χ0v) is 8.16. The summed E-state index contributed by atoms with van der Waals surface area (Å²) in [5.74, 6) is -0.200. The van der Waals surface area contributed by atoms with Crippen molar-refractivity contribution in [2.24, 2.45) is 0 Å². The molecule has 76 valence electrons. The first kappa shape index (κ1) is 6.87. The molecule has 0 aliphatic heterocycles. The van der Waals surface area contributed by atoms with Gasteiger partial charge in [0.2, 0.25) is 0 Å². The van der Waals surface area contributed by atoms with Gasteiger partial charge in [-0.3, -0.25) is 0 Å². The standard InChI is InChI=1S/C11H14O3/c1-4-14-11(12)9-5-6-10(13-3)8(2)7-9/h5-7H,4H2,1-3H3/i3D3. The summed E-state index contributed by atoms with van der Waals surface area (Å²) in [4.78, 5) is 11.4. The summed E-state index contributed by atoms with van der Waals surface area (Å²) < 4.78 is 30.6. The molecule has 0 aromatic heterocycles. The van der Waals surface area contributed by atoms with Crippen LogP contribution in [0.3, 0.4) is 0 Å². The molecule has 0 heterocycles. The van der Waals surface area contributed by atoms with Crippen LogP contribution < -0.4 is 4.74 Å². The highest BCUT2D eigenvalue weighted by Gasteiger charge is 2.07. The van der Waals surface area contributed by atoms with Crippen molar-refractivity contribution in [3.8, 4) is 5.75 Å². The van der Waals surface area contributed by atoms with Crippen molar-refractivity contribution >= 4 is 5.97 Å². The third-order valence-corrected chi connectivity index (χ3v) is 1.80. The maximum Gasteiger partial charge on any atom is 0.338 e. The molecule has 0 saturated heterocycles. The normalized spacial score (nSPS) is 13.7. The van der Waals surface area contributed by atoms with Crippen LogP contribution in [0.15, 0.2) is 18.2 Å². The van der Waals surface area contributed by atoms with Gasteiger partial charge in [-0.25, -0.2) is 4.79 Å². The number of esters is 1. The Balaban J connectivity index is 2.90. The molecule has 3 heteroatoms. The van der Waals surface area contributed by atoms with E-state index >= 15 is 0 Å². The van der Waals surface area contributed by atoms with Crippen molar-refractivity contribution in [2.75, 3.05) is 13.6 Å². The van der Waals surface area contributed by atoms with Crippen molar-refractivity contribution < 1.29 is 18.4 Å². The molecule has 0 bridgehead atoms. The Kier molecular flexibility index (Phi) is 2.28. The van der Waals surface area contributed by atoms with E-state index in [4.69, 9.17) is 13.6 Å². The third-order valence-electron chi connectivity index (χ3n) is 1.80. The van der Waals surface area contributed by atoms with Gasteiger partial charge in [0.05, 0.1) is 23.3 Å². The lowest BCUT2D eigenvalue weighted by molar-refractivity contribution is 0.0526. The molecule has 0 aliphatic rings. The highest BCUT2D eigenvalue weighted by molar-refractivity contribution is 5.89. The fourth-order valence-corrected chi connectivity index (χ4v) is 1.11. The second kappa shape index (κ2) is 4.65. The second-order valence-electron chi connectivity index (χ2n) is 2.80. The van der Waals surface area contributed by atoms with Gasteiger partial charge in [-0.15, -0.1) is 0 Å². The summed E-state index contributed by atoms with van der Waals surface area (Å²) >= 11 is 0. The van der Waals surface area contributed by atoms with Crippen LogP contribution in [-0.2, 0) is 4.74 Å². The van der Waals surface area contributed by atoms with Crippen LogP contribution in [0, 0.1) is 6.92 Å². The fourth-order valence-electron chi connectivity index (χ4n) is 1.11. The molecule has 3 nitrogen and oxygen atoms in total. The van der Waals surface area contributed by atoms with Crippen LogP contribution >= 0.6 is 0 Å². The monoisotopic (exact) mass is 197 g/mol. The van der Waals surface area contributed by atoms with Gasteiger partial charge in [-0.1, -0.05) is 0 Å². The van der Waals surface area contributed by atoms with Gasteiger partial charge in [0.15, 0.2) is 0 Å². The summed E-state index contributed by atoms with van der Waals surface area (Å²) in [7, 11) is -2.49. The van der Waals surface area contributed by atoms with Crippen molar-refractivity contribution in [2.45, 2.75) is 13.8 Å². The topological polar surface area (TPSA) is 35.5 Å². The SMILES string of the molecule is [2H]C([2H])([2H])Oc1ccc(C(=O)OCC)cc1C. The van der Waals surface area contributed by atoms with Gasteiger partial charge in [-0.2, -0.15) is 0 Å². The number of carbonyl (C=O) groups is 1. The van der Waals surface area contributed by atoms with Crippen molar-refractivity contribution in [3.63, 3.8) is 0 Å². The van der Waals surface area contributed by atoms with E-state index in [9.17, 15) is 4.79 Å². The van der Waals surface area contributed by atoms with E-state index in [1.807, 2.05) is 0 Å². The first-order valence-corrected chi connectivity index (χ1v) is 4.30. The van der Waals surface area contributed by atoms with Crippen molar-refractivity contribution in [1.29, 1.82) is 0 Å². The Morgan fingerprint density at radius 2 is 2.36 bits per heavy atom. The zero-order chi connectivity index (χ0) is 13.1. The zero-order valence-electron chi connectivity index (χ0n) is 11.2. The van der Waals surface area contributed by atoms with Crippen LogP contribution in [0.4, 0.5) is 0 Å². The molecular formula is C11H14O3. The molecule has 14 heavy (non-hydrogen) atoms. The van der Waals surface area contributed by atoms with E-state index in [0.29, 0.717) is 17.7 Å². The van der Waals surface area contributed by atoms with Gasteiger partial charge in [0, 0.05) is 0 Å². The van der Waals surface area contributed by atoms with E-state index < -0.39 is 13.0 Å². The molecule has 0 N–H and O–H groups in total. The minimum absolute atomic E-state index is 0.234. The maximum absolute atomic E-state index is 11.4. The maximum atomic E-state index is 11.4. The van der Waals surface area contributed by atoms with Crippen molar-refractivity contribution in [1.82, 2.24) is 0 Å². The fraction of sp³-hybridized carbons (Fsp3) is 0.364. The molecule has 0 aliphatic carbocycles. The second-order valence-corrected chi connectivity index (χ2v) is 2.80. The molecule has 0 radical (unpaired) electrons. The lowest BCUT2D eigenvalue weighted by atomic mass is 10.1. The number of ether oxygens (including phenoxy) is 2. The smallest absolute Gasteiger partial charge is 0.338 e. The summed E-state index contributed by atoms with van der Waals surface area (Å²) in [5.41, 5.74) is 0.953. The first-order valence-electron chi connectivity index (χ1n) is 5.80. The third kappa shape index (κ3) is 2.25. The van der Waals surface area contributed by atoms with Gasteiger partial charge in [-0.05, 0) is 37.6 Å². The van der Waals surface area contributed by atoms with Gasteiger partial charge in [0.25, 0.3) is 0 Å². The Bertz CT molecular complexity index is 413. The lowest BCUT2D eigenvalue weighted by Gasteiger charge is -2.06. The van der Waals surface area contributed by atoms with Crippen LogP contribution in [-0.4, -0.2) is 19.6 Å². The molecular weight excluding hydrogens is 180 g/mol. The highest BCUT2D eigenvalue weighted by atomic mass is 16.5. The molecule has 1 aromatic carbocycles. The largest absolute Gasteiger partial charge is 0.496 e. The summed E-state index contributed by atoms with van der Waals surface area (Å²) in [5, 5.41) is 0. The summed E-state index contributed by atoms with van der Waals surface area (Å²) in [6.07, 6.45) is 0. The molecule has 1 rings (SSSR count). The number of rotatable bonds is 3. The summed E-state index contributed by atoms with van der Waals surface area (Å²) in [6.45, 7) is 3.69. The van der Waals surface area contributed by atoms with Gasteiger partial charge < -0.3 is 9.47 Å². The van der Waals surface area contributed by atoms with E-state index in [1.54, 1.807) is 19.9 Å². The Labute approximate surface area is 87.9 Å². The first-order chi connectivity index (χ1) is 7.83. The van der Waals surface area contributed by atoms with Gasteiger partial charge >= 0.3 is 5.97 Å². The van der Waals surface area contributed by atoms with Crippen LogP contribution in [0.2, 0.25) is 0 Å². The molecule has 0 atom stereocenters. The molecule has 0 fully saturated rings. The number of hydrogen-bond acceptors (Lipinski definition) is 3. The predicted octanol–water partition coefficient (Wildman–Crippen LogP) is 2.18. The lowest BCUT2D eigenvalue weighted by Crippen LogP contribution is -2.04. The number of carbonyl (C=O) groups excluding carboxylic acids is 1. The average Bonchev–Trinajstić information content (AvgIpc) is 2.19. The molecule has 0 unspecified atom stereocenters. The quantitative estimate of drug-likeness (QED) is 0.697. The Hall–Kier alpha value is -1.51. The minimum atomic E-state index is -2.49. The molecule has 1 aromatic rings. The number of benzene rings is 1. The number of hydrogen-bond donors (Lipinski definition) is 0. The molecule has 0 spiro atoms. The minimum Gasteiger partial charge on any atom is -0.496 e. The van der Waals surface area contributed by atoms with E-state index in [2.05, 4.69) is 0 Å². The average molecular weight is 197 g/mol. The van der Waals surface area contributed by atoms with E-state index in [-0.39, 0.29) is 5.75 Å². The Morgan fingerprint density at radius 3 is 2.93 bits per heavy atom. The molecule has 0 amide bonds. The van der Waals surface area contributed by atoms with Gasteiger partial charge in [0.1, 0.15) is 5.75 Å². The number of aryl methyl sites for hydroxylation is 1. The van der Waals surface area contributed by atoms with Crippen LogP contribution in [0.25, 0.3) is 0 Å².